The summed E-state index contributed by atoms with van der Waals surface area (Å²) >= 11 is 1.73. The average molecular weight is 424 g/mol. The predicted molar refractivity (Wildman–Crippen MR) is 124 cm³/mol. The molecule has 0 saturated carbocycles. The van der Waals surface area contributed by atoms with Crippen molar-refractivity contribution in [1.82, 2.24) is 14.7 Å². The molecule has 1 aliphatic rings. The number of nitrogens with zero attached hydrogens (tertiary/aromatic N) is 3. The van der Waals surface area contributed by atoms with Crippen LogP contribution in [-0.4, -0.2) is 54.6 Å². The first-order chi connectivity index (χ1) is 14.6. The van der Waals surface area contributed by atoms with E-state index >= 15 is 0 Å². The standard InChI is InChI=1S/C24H29N3O2S/c1-17(2)24-20(7-14-30-24)22-18(3)5-6-21(28-4)23(22)19-15-25-27(16-19)9-8-26-10-12-29-13-11-26/h5-7,14-16H,1,8-13H2,2-4H3. The molecule has 2 aromatic heterocycles. The lowest BCUT2D eigenvalue weighted by Gasteiger charge is -2.26. The number of allylic oxidation sites excluding steroid dienone is 1. The first-order valence-corrected chi connectivity index (χ1v) is 11.2. The van der Waals surface area contributed by atoms with Crippen LogP contribution in [0.25, 0.3) is 27.8 Å². The molecule has 158 valence electrons. The molecule has 3 heterocycles. The maximum absolute atomic E-state index is 5.78. The molecule has 5 nitrogen and oxygen atoms in total. The number of thiophene rings is 1. The van der Waals surface area contributed by atoms with Gasteiger partial charge in [-0.05, 0) is 48.1 Å². The molecule has 30 heavy (non-hydrogen) atoms. The third-order valence-electron chi connectivity index (χ3n) is 5.59. The summed E-state index contributed by atoms with van der Waals surface area (Å²) in [4.78, 5) is 3.64. The Morgan fingerprint density at radius 2 is 2.00 bits per heavy atom. The lowest BCUT2D eigenvalue weighted by atomic mass is 9.91. The van der Waals surface area contributed by atoms with E-state index in [4.69, 9.17) is 9.47 Å². The minimum atomic E-state index is 0.819. The molecule has 1 aliphatic heterocycles. The SMILES string of the molecule is C=C(C)c1sccc1-c1c(C)ccc(OC)c1-c1cnn(CCN2CCOCC2)c1. The van der Waals surface area contributed by atoms with Gasteiger partial charge < -0.3 is 9.47 Å². The van der Waals surface area contributed by atoms with Crippen molar-refractivity contribution >= 4 is 16.9 Å². The summed E-state index contributed by atoms with van der Waals surface area (Å²) in [6, 6.07) is 6.36. The fourth-order valence-electron chi connectivity index (χ4n) is 4.01. The Hall–Kier alpha value is -2.41. The number of hydrogen-bond acceptors (Lipinski definition) is 5. The van der Waals surface area contributed by atoms with Crippen molar-refractivity contribution in [3.8, 4) is 28.0 Å². The van der Waals surface area contributed by atoms with Crippen molar-refractivity contribution in [3.63, 3.8) is 0 Å². The van der Waals surface area contributed by atoms with E-state index in [9.17, 15) is 0 Å². The highest BCUT2D eigenvalue weighted by Gasteiger charge is 2.20. The maximum Gasteiger partial charge on any atom is 0.127 e. The Kier molecular flexibility index (Phi) is 6.37. The van der Waals surface area contributed by atoms with E-state index in [-0.39, 0.29) is 0 Å². The van der Waals surface area contributed by atoms with E-state index in [2.05, 4.69) is 54.1 Å². The van der Waals surface area contributed by atoms with Gasteiger partial charge >= 0.3 is 0 Å². The maximum atomic E-state index is 5.78. The van der Waals surface area contributed by atoms with Crippen LogP contribution in [0, 0.1) is 6.92 Å². The second kappa shape index (κ2) is 9.16. The zero-order chi connectivity index (χ0) is 21.1. The highest BCUT2D eigenvalue weighted by molar-refractivity contribution is 7.11. The fourth-order valence-corrected chi connectivity index (χ4v) is 4.85. The smallest absolute Gasteiger partial charge is 0.127 e. The Bertz CT molecular complexity index is 1030. The lowest BCUT2D eigenvalue weighted by Crippen LogP contribution is -2.38. The van der Waals surface area contributed by atoms with E-state index in [1.165, 1.54) is 21.6 Å². The van der Waals surface area contributed by atoms with Crippen LogP contribution in [-0.2, 0) is 11.3 Å². The Labute approximate surface area is 182 Å². The van der Waals surface area contributed by atoms with Crippen molar-refractivity contribution in [2.75, 3.05) is 40.0 Å². The molecule has 0 aliphatic carbocycles. The van der Waals surface area contributed by atoms with Crippen molar-refractivity contribution in [1.29, 1.82) is 0 Å². The van der Waals surface area contributed by atoms with Crippen LogP contribution < -0.4 is 4.74 Å². The van der Waals surface area contributed by atoms with Crippen molar-refractivity contribution in [2.45, 2.75) is 20.4 Å². The summed E-state index contributed by atoms with van der Waals surface area (Å²) in [6.45, 7) is 13.9. The van der Waals surface area contributed by atoms with Gasteiger partial charge in [0.05, 0.1) is 33.1 Å². The number of rotatable bonds is 7. The zero-order valence-electron chi connectivity index (χ0n) is 18.0. The molecule has 3 aromatic rings. The van der Waals surface area contributed by atoms with Crippen molar-refractivity contribution in [2.24, 2.45) is 0 Å². The van der Waals surface area contributed by atoms with Gasteiger partial charge in [0.1, 0.15) is 5.75 Å². The minimum absolute atomic E-state index is 0.819. The largest absolute Gasteiger partial charge is 0.496 e. The Balaban J connectivity index is 1.70. The Morgan fingerprint density at radius 3 is 2.73 bits per heavy atom. The summed E-state index contributed by atoms with van der Waals surface area (Å²) in [5, 5.41) is 6.78. The summed E-state index contributed by atoms with van der Waals surface area (Å²) < 4.78 is 13.3. The van der Waals surface area contributed by atoms with Gasteiger partial charge in [0.2, 0.25) is 0 Å². The lowest BCUT2D eigenvalue weighted by molar-refractivity contribution is 0.0360. The van der Waals surface area contributed by atoms with E-state index in [1.807, 2.05) is 16.9 Å². The van der Waals surface area contributed by atoms with Crippen molar-refractivity contribution < 1.29 is 9.47 Å². The molecule has 1 fully saturated rings. The van der Waals surface area contributed by atoms with E-state index in [0.29, 0.717) is 0 Å². The molecule has 0 unspecified atom stereocenters. The van der Waals surface area contributed by atoms with Gasteiger partial charge in [-0.15, -0.1) is 11.3 Å². The monoisotopic (exact) mass is 423 g/mol. The number of aromatic nitrogens is 2. The number of ether oxygens (including phenoxy) is 2. The van der Waals surface area contributed by atoms with E-state index in [1.54, 1.807) is 18.4 Å². The summed E-state index contributed by atoms with van der Waals surface area (Å²) in [5.41, 5.74) is 6.87. The van der Waals surface area contributed by atoms with Crippen LogP contribution >= 0.6 is 11.3 Å². The molecule has 0 bridgehead atoms. The minimum Gasteiger partial charge on any atom is -0.496 e. The quantitative estimate of drug-likeness (QED) is 0.538. The van der Waals surface area contributed by atoms with Gasteiger partial charge in [0.15, 0.2) is 0 Å². The molecule has 1 aromatic carbocycles. The second-order valence-electron chi connectivity index (χ2n) is 7.72. The third kappa shape index (κ3) is 4.21. The molecule has 1 saturated heterocycles. The Morgan fingerprint density at radius 1 is 1.20 bits per heavy atom. The molecule has 0 N–H and O–H groups in total. The van der Waals surface area contributed by atoms with Crippen LogP contribution in [0.2, 0.25) is 0 Å². The summed E-state index contributed by atoms with van der Waals surface area (Å²) in [5.74, 6) is 0.863. The molecule has 0 spiro atoms. The highest BCUT2D eigenvalue weighted by atomic mass is 32.1. The van der Waals surface area contributed by atoms with Crippen LogP contribution in [0.15, 0.2) is 42.6 Å². The fraction of sp³-hybridized carbons (Fsp3) is 0.375. The zero-order valence-corrected chi connectivity index (χ0v) is 18.8. The number of methoxy groups -OCH3 is 1. The van der Waals surface area contributed by atoms with Gasteiger partial charge in [0.25, 0.3) is 0 Å². The molecular formula is C24H29N3O2S. The van der Waals surface area contributed by atoms with Gasteiger partial charge in [-0.25, -0.2) is 0 Å². The number of benzene rings is 1. The second-order valence-corrected chi connectivity index (χ2v) is 8.64. The van der Waals surface area contributed by atoms with Gasteiger partial charge in [-0.3, -0.25) is 9.58 Å². The normalized spacial score (nSPS) is 14.8. The predicted octanol–water partition coefficient (Wildman–Crippen LogP) is 4.96. The van der Waals surface area contributed by atoms with Gasteiger partial charge in [0, 0.05) is 47.4 Å². The number of aryl methyl sites for hydroxylation is 1. The van der Waals surface area contributed by atoms with Gasteiger partial charge in [-0.1, -0.05) is 12.6 Å². The van der Waals surface area contributed by atoms with E-state index < -0.39 is 0 Å². The molecule has 4 rings (SSSR count). The van der Waals surface area contributed by atoms with Crippen LogP contribution in [0.4, 0.5) is 0 Å². The molecular weight excluding hydrogens is 394 g/mol. The molecule has 0 atom stereocenters. The van der Waals surface area contributed by atoms with Crippen molar-refractivity contribution in [3.05, 3.63) is 53.0 Å². The molecule has 0 amide bonds. The topological polar surface area (TPSA) is 39.5 Å². The van der Waals surface area contributed by atoms with E-state index in [0.717, 1.165) is 61.8 Å². The number of hydrogen-bond donors (Lipinski definition) is 0. The summed E-state index contributed by atoms with van der Waals surface area (Å²) in [7, 11) is 1.73. The first-order valence-electron chi connectivity index (χ1n) is 10.3. The first kappa shape index (κ1) is 20.8. The van der Waals surface area contributed by atoms with Crippen LogP contribution in [0.5, 0.6) is 5.75 Å². The van der Waals surface area contributed by atoms with Crippen LogP contribution in [0.1, 0.15) is 17.4 Å². The third-order valence-corrected chi connectivity index (χ3v) is 6.66. The van der Waals surface area contributed by atoms with Crippen LogP contribution in [0.3, 0.4) is 0 Å². The number of morpholine rings is 1. The molecule has 6 heteroatoms. The average Bonchev–Trinajstić information content (AvgIpc) is 3.42. The molecule has 0 radical (unpaired) electrons. The highest BCUT2D eigenvalue weighted by Crippen LogP contribution is 2.44. The van der Waals surface area contributed by atoms with Gasteiger partial charge in [-0.2, -0.15) is 5.10 Å². The summed E-state index contributed by atoms with van der Waals surface area (Å²) in [6.07, 6.45) is 4.08.